The van der Waals surface area contributed by atoms with Crippen molar-refractivity contribution in [3.63, 3.8) is 0 Å². The second kappa shape index (κ2) is 5.11. The van der Waals surface area contributed by atoms with Crippen molar-refractivity contribution in [3.05, 3.63) is 0 Å². The fourth-order valence-corrected chi connectivity index (χ4v) is 1.37. The second-order valence-electron chi connectivity index (χ2n) is 3.26. The van der Waals surface area contributed by atoms with E-state index in [1.54, 1.807) is 0 Å². The monoisotopic (exact) mass is 248 g/mol. The standard InChI is InChI=1S/C9H12O8/c1-14-5(10)3-9(6(11)7(12)15-2)8(13)16-4-17-9/h6,11H,3-4H2,1-2H3. The fourth-order valence-electron chi connectivity index (χ4n) is 1.37. The number of hydrogen-bond donors (Lipinski definition) is 1. The molecule has 8 heteroatoms. The van der Waals surface area contributed by atoms with Gasteiger partial charge in [0.25, 0.3) is 0 Å². The number of aliphatic hydroxyl groups is 1. The van der Waals surface area contributed by atoms with E-state index in [1.807, 2.05) is 0 Å². The zero-order valence-electron chi connectivity index (χ0n) is 9.30. The van der Waals surface area contributed by atoms with Crippen molar-refractivity contribution in [2.45, 2.75) is 18.1 Å². The van der Waals surface area contributed by atoms with Crippen molar-refractivity contribution in [1.29, 1.82) is 0 Å². The van der Waals surface area contributed by atoms with Crippen molar-refractivity contribution in [1.82, 2.24) is 0 Å². The highest BCUT2D eigenvalue weighted by Gasteiger charge is 2.57. The molecule has 0 saturated carbocycles. The lowest BCUT2D eigenvalue weighted by Crippen LogP contribution is -2.53. The molecule has 0 radical (unpaired) electrons. The lowest BCUT2D eigenvalue weighted by Gasteiger charge is -2.25. The van der Waals surface area contributed by atoms with Gasteiger partial charge in [0.05, 0.1) is 20.6 Å². The van der Waals surface area contributed by atoms with E-state index in [-0.39, 0.29) is 0 Å². The van der Waals surface area contributed by atoms with Crippen LogP contribution >= 0.6 is 0 Å². The molecule has 0 aromatic carbocycles. The van der Waals surface area contributed by atoms with Crippen LogP contribution in [0, 0.1) is 0 Å². The van der Waals surface area contributed by atoms with Crippen molar-refractivity contribution < 1.29 is 38.4 Å². The normalized spacial score (nSPS) is 25.0. The molecule has 2 atom stereocenters. The molecule has 2 unspecified atom stereocenters. The number of rotatable bonds is 4. The number of hydrogen-bond acceptors (Lipinski definition) is 8. The van der Waals surface area contributed by atoms with Crippen LogP contribution in [-0.2, 0) is 33.3 Å². The van der Waals surface area contributed by atoms with Gasteiger partial charge in [-0.15, -0.1) is 0 Å². The average molecular weight is 248 g/mol. The zero-order chi connectivity index (χ0) is 13.1. The Balaban J connectivity index is 2.98. The van der Waals surface area contributed by atoms with Gasteiger partial charge in [-0.25, -0.2) is 9.59 Å². The van der Waals surface area contributed by atoms with Crippen LogP contribution in [0.5, 0.6) is 0 Å². The number of esters is 3. The second-order valence-corrected chi connectivity index (χ2v) is 3.26. The van der Waals surface area contributed by atoms with E-state index in [1.165, 1.54) is 0 Å². The van der Waals surface area contributed by atoms with Gasteiger partial charge in [-0.05, 0) is 0 Å². The molecule has 0 bridgehead atoms. The molecule has 1 fully saturated rings. The largest absolute Gasteiger partial charge is 0.469 e. The van der Waals surface area contributed by atoms with Gasteiger partial charge in [0.15, 0.2) is 12.9 Å². The lowest BCUT2D eigenvalue weighted by atomic mass is 9.92. The number of ether oxygens (including phenoxy) is 4. The lowest BCUT2D eigenvalue weighted by molar-refractivity contribution is -0.178. The predicted octanol–water partition coefficient (Wildman–Crippen LogP) is -1.65. The number of cyclic esters (lactones) is 1. The Morgan fingerprint density at radius 3 is 2.53 bits per heavy atom. The molecule has 1 aliphatic rings. The molecule has 0 aromatic rings. The molecular weight excluding hydrogens is 236 g/mol. The summed E-state index contributed by atoms with van der Waals surface area (Å²) in [6.45, 7) is -0.454. The number of carbonyl (C=O) groups is 3. The summed E-state index contributed by atoms with van der Waals surface area (Å²) in [5, 5.41) is 9.67. The molecule has 0 aliphatic carbocycles. The molecule has 96 valence electrons. The van der Waals surface area contributed by atoms with Gasteiger partial charge in [-0.3, -0.25) is 4.79 Å². The predicted molar refractivity (Wildman–Crippen MR) is 49.4 cm³/mol. The van der Waals surface area contributed by atoms with Gasteiger partial charge in [0, 0.05) is 0 Å². The minimum Gasteiger partial charge on any atom is -0.469 e. The molecule has 17 heavy (non-hydrogen) atoms. The van der Waals surface area contributed by atoms with Crippen LogP contribution in [0.2, 0.25) is 0 Å². The van der Waals surface area contributed by atoms with E-state index in [0.29, 0.717) is 0 Å². The van der Waals surface area contributed by atoms with Gasteiger partial charge < -0.3 is 24.1 Å². The van der Waals surface area contributed by atoms with E-state index >= 15 is 0 Å². The summed E-state index contributed by atoms with van der Waals surface area (Å²) >= 11 is 0. The van der Waals surface area contributed by atoms with Gasteiger partial charge in [-0.2, -0.15) is 0 Å². The Morgan fingerprint density at radius 1 is 1.47 bits per heavy atom. The highest BCUT2D eigenvalue weighted by Crippen LogP contribution is 2.29. The first-order chi connectivity index (χ1) is 7.97. The maximum Gasteiger partial charge on any atom is 0.344 e. The van der Waals surface area contributed by atoms with Gasteiger partial charge in [0.2, 0.25) is 5.60 Å². The topological polar surface area (TPSA) is 108 Å². The number of methoxy groups -OCH3 is 2. The van der Waals surface area contributed by atoms with E-state index in [9.17, 15) is 19.5 Å². The van der Waals surface area contributed by atoms with E-state index < -0.39 is 42.8 Å². The van der Waals surface area contributed by atoms with Gasteiger partial charge in [-0.1, -0.05) is 0 Å². The third kappa shape index (κ3) is 2.37. The first-order valence-electron chi connectivity index (χ1n) is 4.62. The minimum atomic E-state index is -2.10. The quantitative estimate of drug-likeness (QED) is 0.465. The molecule has 0 aromatic heterocycles. The summed E-state index contributed by atoms with van der Waals surface area (Å²) in [5.74, 6) is -2.94. The number of aliphatic hydroxyl groups excluding tert-OH is 1. The Kier molecular flexibility index (Phi) is 4.02. The third-order valence-corrected chi connectivity index (χ3v) is 2.35. The molecule has 1 aliphatic heterocycles. The maximum atomic E-state index is 11.5. The molecular formula is C9H12O8. The highest BCUT2D eigenvalue weighted by molar-refractivity contribution is 5.93. The summed E-state index contributed by atoms with van der Waals surface area (Å²) in [5.41, 5.74) is -2.10. The van der Waals surface area contributed by atoms with Crippen LogP contribution in [0.25, 0.3) is 0 Å². The van der Waals surface area contributed by atoms with Gasteiger partial charge in [0.1, 0.15) is 0 Å². The van der Waals surface area contributed by atoms with Crippen molar-refractivity contribution in [2.24, 2.45) is 0 Å². The summed E-state index contributed by atoms with van der Waals surface area (Å²) < 4.78 is 18.0. The highest BCUT2D eigenvalue weighted by atomic mass is 16.7. The Hall–Kier alpha value is -1.67. The van der Waals surface area contributed by atoms with Crippen LogP contribution in [0.1, 0.15) is 6.42 Å². The van der Waals surface area contributed by atoms with Crippen LogP contribution in [0.15, 0.2) is 0 Å². The number of carbonyl (C=O) groups excluding carboxylic acids is 3. The van der Waals surface area contributed by atoms with Crippen LogP contribution in [0.4, 0.5) is 0 Å². The van der Waals surface area contributed by atoms with Crippen LogP contribution < -0.4 is 0 Å². The summed E-state index contributed by atoms with van der Waals surface area (Å²) in [6, 6.07) is 0. The Labute approximate surface area is 96.4 Å². The molecule has 1 heterocycles. The van der Waals surface area contributed by atoms with Crippen molar-refractivity contribution >= 4 is 17.9 Å². The SMILES string of the molecule is COC(=O)CC1(C(O)C(=O)OC)OCOC1=O. The van der Waals surface area contributed by atoms with Crippen LogP contribution in [-0.4, -0.2) is 55.7 Å². The molecule has 1 N–H and O–H groups in total. The fraction of sp³-hybridized carbons (Fsp3) is 0.667. The van der Waals surface area contributed by atoms with E-state index in [0.717, 1.165) is 14.2 Å². The van der Waals surface area contributed by atoms with E-state index in [4.69, 9.17) is 4.74 Å². The molecule has 1 saturated heterocycles. The molecule has 0 amide bonds. The van der Waals surface area contributed by atoms with Crippen molar-refractivity contribution in [3.8, 4) is 0 Å². The molecule has 1 rings (SSSR count). The Bertz CT molecular complexity index is 338. The van der Waals surface area contributed by atoms with Gasteiger partial charge >= 0.3 is 17.9 Å². The zero-order valence-corrected chi connectivity index (χ0v) is 9.30. The van der Waals surface area contributed by atoms with Crippen LogP contribution in [0.3, 0.4) is 0 Å². The average Bonchev–Trinajstić information content (AvgIpc) is 2.69. The maximum absolute atomic E-state index is 11.5. The van der Waals surface area contributed by atoms with E-state index in [2.05, 4.69) is 14.2 Å². The first-order valence-corrected chi connectivity index (χ1v) is 4.62. The molecule has 0 spiro atoms. The Morgan fingerprint density at radius 2 is 2.12 bits per heavy atom. The summed E-state index contributed by atoms with van der Waals surface area (Å²) in [6.07, 6.45) is -2.60. The smallest absolute Gasteiger partial charge is 0.344 e. The summed E-state index contributed by atoms with van der Waals surface area (Å²) in [7, 11) is 2.12. The first kappa shape index (κ1) is 13.4. The molecule has 8 nitrogen and oxygen atoms in total. The third-order valence-electron chi connectivity index (χ3n) is 2.35. The summed E-state index contributed by atoms with van der Waals surface area (Å²) in [4.78, 5) is 33.9. The minimum absolute atomic E-state index is 0.454. The van der Waals surface area contributed by atoms with Crippen molar-refractivity contribution in [2.75, 3.05) is 21.0 Å².